The second-order valence-electron chi connectivity index (χ2n) is 5.43. The van der Waals surface area contributed by atoms with Crippen LogP contribution in [0.2, 0.25) is 19.6 Å². The third-order valence-corrected chi connectivity index (χ3v) is 2.82. The number of carbonyl (C=O) groups is 2. The van der Waals surface area contributed by atoms with Crippen LogP contribution in [-0.2, 0) is 14.3 Å². The lowest BCUT2D eigenvalue weighted by atomic mass is 10.2. The molecule has 0 rings (SSSR count). The standard InChI is InChI=1S/C13H23NO4Si/c1-10(2)18-13(16)14-11(12(15)17-3)8-7-9-19(4,5)6/h10-11H,8H2,1-6H3,(H,14,16)/t11-/m0/s1. The van der Waals surface area contributed by atoms with Gasteiger partial charge in [0.2, 0.25) is 0 Å². The van der Waals surface area contributed by atoms with Crippen molar-refractivity contribution in [2.24, 2.45) is 0 Å². The summed E-state index contributed by atoms with van der Waals surface area (Å²) in [7, 11) is -0.218. The molecule has 6 heteroatoms. The van der Waals surface area contributed by atoms with E-state index < -0.39 is 26.2 Å². The van der Waals surface area contributed by atoms with Crippen LogP contribution in [0.5, 0.6) is 0 Å². The smallest absolute Gasteiger partial charge is 0.408 e. The van der Waals surface area contributed by atoms with Gasteiger partial charge in [0.15, 0.2) is 0 Å². The molecule has 0 aromatic heterocycles. The number of carbonyl (C=O) groups excluding carboxylic acids is 2. The molecule has 0 heterocycles. The molecule has 108 valence electrons. The summed E-state index contributed by atoms with van der Waals surface area (Å²) in [6.45, 7) is 9.78. The quantitative estimate of drug-likeness (QED) is 0.487. The van der Waals surface area contributed by atoms with Crippen molar-refractivity contribution in [3.63, 3.8) is 0 Å². The molecule has 0 aromatic carbocycles. The zero-order chi connectivity index (χ0) is 15.1. The van der Waals surface area contributed by atoms with E-state index in [2.05, 4.69) is 41.2 Å². The molecule has 0 spiro atoms. The van der Waals surface area contributed by atoms with E-state index in [0.717, 1.165) is 0 Å². The number of hydrogen-bond donors (Lipinski definition) is 1. The van der Waals surface area contributed by atoms with Gasteiger partial charge in [0.25, 0.3) is 0 Å². The van der Waals surface area contributed by atoms with Crippen molar-refractivity contribution in [2.75, 3.05) is 7.11 Å². The molecule has 0 bridgehead atoms. The van der Waals surface area contributed by atoms with Gasteiger partial charge in [-0.2, -0.15) is 0 Å². The SMILES string of the molecule is COC(=O)[C@H](CC#C[Si](C)(C)C)NC(=O)OC(C)C. The molecule has 0 saturated carbocycles. The predicted octanol–water partition coefficient (Wildman–Crippen LogP) is 1.93. The maximum Gasteiger partial charge on any atom is 0.408 e. The fourth-order valence-corrected chi connectivity index (χ4v) is 1.78. The fraction of sp³-hybridized carbons (Fsp3) is 0.692. The molecule has 1 N–H and O–H groups in total. The van der Waals surface area contributed by atoms with Crippen LogP contribution in [0.25, 0.3) is 0 Å². The molecule has 0 aliphatic rings. The van der Waals surface area contributed by atoms with Crippen LogP contribution < -0.4 is 5.32 Å². The van der Waals surface area contributed by atoms with Gasteiger partial charge in [-0.1, -0.05) is 19.6 Å². The summed E-state index contributed by atoms with van der Waals surface area (Å²) in [5.41, 5.74) is 3.13. The second-order valence-corrected chi connectivity index (χ2v) is 10.2. The predicted molar refractivity (Wildman–Crippen MR) is 76.3 cm³/mol. The lowest BCUT2D eigenvalue weighted by molar-refractivity contribution is -0.142. The maximum atomic E-state index is 11.5. The molecule has 0 unspecified atom stereocenters. The number of amides is 1. The van der Waals surface area contributed by atoms with E-state index in [1.807, 2.05) is 0 Å². The Balaban J connectivity index is 4.60. The summed E-state index contributed by atoms with van der Waals surface area (Å²) >= 11 is 0. The van der Waals surface area contributed by atoms with Gasteiger partial charge in [-0.15, -0.1) is 11.5 Å². The molecule has 0 aromatic rings. The van der Waals surface area contributed by atoms with E-state index in [4.69, 9.17) is 4.74 Å². The second kappa shape index (κ2) is 7.84. The largest absolute Gasteiger partial charge is 0.467 e. The van der Waals surface area contributed by atoms with E-state index in [-0.39, 0.29) is 12.5 Å². The number of alkyl carbamates (subject to hydrolysis) is 1. The summed E-state index contributed by atoms with van der Waals surface area (Å²) in [6, 6.07) is -0.792. The van der Waals surface area contributed by atoms with Gasteiger partial charge in [0.05, 0.1) is 13.2 Å². The maximum absolute atomic E-state index is 11.5. The minimum Gasteiger partial charge on any atom is -0.467 e. The average molecular weight is 285 g/mol. The summed E-state index contributed by atoms with van der Waals surface area (Å²) in [4.78, 5) is 23.0. The summed E-state index contributed by atoms with van der Waals surface area (Å²) in [6.07, 6.45) is -0.656. The van der Waals surface area contributed by atoms with E-state index in [1.54, 1.807) is 13.8 Å². The Hall–Kier alpha value is -1.48. The lowest BCUT2D eigenvalue weighted by Gasteiger charge is -2.15. The summed E-state index contributed by atoms with van der Waals surface area (Å²) < 4.78 is 9.56. The van der Waals surface area contributed by atoms with Crippen LogP contribution in [0.1, 0.15) is 20.3 Å². The first-order valence-electron chi connectivity index (χ1n) is 6.20. The molecule has 0 aliphatic heterocycles. The first-order valence-corrected chi connectivity index (χ1v) is 9.70. The van der Waals surface area contributed by atoms with E-state index in [1.165, 1.54) is 7.11 Å². The van der Waals surface area contributed by atoms with Crippen molar-refractivity contribution in [3.8, 4) is 11.5 Å². The van der Waals surface area contributed by atoms with E-state index in [0.29, 0.717) is 0 Å². The molecular formula is C13H23NO4Si. The first-order chi connectivity index (χ1) is 8.65. The van der Waals surface area contributed by atoms with Gasteiger partial charge in [0, 0.05) is 6.42 Å². The van der Waals surface area contributed by atoms with Gasteiger partial charge in [-0.25, -0.2) is 9.59 Å². The summed E-state index contributed by atoms with van der Waals surface area (Å²) in [5, 5.41) is 2.46. The van der Waals surface area contributed by atoms with Gasteiger partial charge < -0.3 is 14.8 Å². The molecule has 5 nitrogen and oxygen atoms in total. The molecule has 1 atom stereocenters. The van der Waals surface area contributed by atoms with Gasteiger partial charge in [-0.05, 0) is 13.8 Å². The molecule has 0 radical (unpaired) electrons. The molecule has 0 fully saturated rings. The van der Waals surface area contributed by atoms with Crippen molar-refractivity contribution >= 4 is 20.1 Å². The molecule has 19 heavy (non-hydrogen) atoms. The number of ether oxygens (including phenoxy) is 2. The minimum absolute atomic E-state index is 0.226. The molecular weight excluding hydrogens is 262 g/mol. The third-order valence-electron chi connectivity index (χ3n) is 1.89. The molecule has 1 amide bonds. The highest BCUT2D eigenvalue weighted by Crippen LogP contribution is 2.00. The fourth-order valence-electron chi connectivity index (χ4n) is 1.14. The highest BCUT2D eigenvalue weighted by atomic mass is 28.3. The Morgan fingerprint density at radius 1 is 1.26 bits per heavy atom. The first kappa shape index (κ1) is 17.5. The lowest BCUT2D eigenvalue weighted by Crippen LogP contribution is -2.42. The van der Waals surface area contributed by atoms with Gasteiger partial charge in [-0.3, -0.25) is 0 Å². The van der Waals surface area contributed by atoms with Crippen molar-refractivity contribution in [1.29, 1.82) is 0 Å². The normalized spacial score (nSPS) is 12.2. The third kappa shape index (κ3) is 9.14. The van der Waals surface area contributed by atoms with Crippen molar-refractivity contribution in [1.82, 2.24) is 5.32 Å². The molecule has 0 saturated heterocycles. The Morgan fingerprint density at radius 2 is 1.84 bits per heavy atom. The van der Waals surface area contributed by atoms with Crippen LogP contribution in [0.4, 0.5) is 4.79 Å². The Morgan fingerprint density at radius 3 is 2.26 bits per heavy atom. The van der Waals surface area contributed by atoms with Crippen molar-refractivity contribution in [2.45, 2.75) is 52.1 Å². The average Bonchev–Trinajstić information content (AvgIpc) is 2.23. The van der Waals surface area contributed by atoms with Crippen LogP contribution in [0, 0.1) is 11.5 Å². The number of hydrogen-bond acceptors (Lipinski definition) is 4. The zero-order valence-electron chi connectivity index (χ0n) is 12.5. The topological polar surface area (TPSA) is 64.6 Å². The Labute approximate surface area is 116 Å². The monoisotopic (exact) mass is 285 g/mol. The van der Waals surface area contributed by atoms with E-state index >= 15 is 0 Å². The van der Waals surface area contributed by atoms with Gasteiger partial charge in [0.1, 0.15) is 14.1 Å². The molecule has 0 aliphatic carbocycles. The van der Waals surface area contributed by atoms with Crippen LogP contribution >= 0.6 is 0 Å². The van der Waals surface area contributed by atoms with Crippen molar-refractivity contribution in [3.05, 3.63) is 0 Å². The highest BCUT2D eigenvalue weighted by Gasteiger charge is 2.21. The van der Waals surface area contributed by atoms with E-state index in [9.17, 15) is 9.59 Å². The number of esters is 1. The zero-order valence-corrected chi connectivity index (χ0v) is 13.5. The Kier molecular flexibility index (Phi) is 7.23. The number of rotatable bonds is 4. The highest BCUT2D eigenvalue weighted by molar-refractivity contribution is 6.83. The number of methoxy groups -OCH3 is 1. The minimum atomic E-state index is -1.49. The summed E-state index contributed by atoms with van der Waals surface area (Å²) in [5.74, 6) is 2.42. The Bertz CT molecular complexity index is 376. The van der Waals surface area contributed by atoms with Crippen LogP contribution in [0.15, 0.2) is 0 Å². The van der Waals surface area contributed by atoms with Crippen molar-refractivity contribution < 1.29 is 19.1 Å². The van der Waals surface area contributed by atoms with Crippen LogP contribution in [-0.4, -0.2) is 39.4 Å². The number of nitrogens with one attached hydrogen (secondary N) is 1. The van der Waals surface area contributed by atoms with Gasteiger partial charge >= 0.3 is 12.1 Å². The van der Waals surface area contributed by atoms with Crippen LogP contribution in [0.3, 0.4) is 0 Å².